The summed E-state index contributed by atoms with van der Waals surface area (Å²) in [4.78, 5) is 0. The van der Waals surface area contributed by atoms with E-state index in [0.717, 1.165) is 12.5 Å². The highest BCUT2D eigenvalue weighted by Crippen LogP contribution is 2.11. The molecule has 2 heteroatoms. The maximum atomic E-state index is 5.52. The van der Waals surface area contributed by atoms with Crippen molar-refractivity contribution in [1.82, 2.24) is 5.32 Å². The van der Waals surface area contributed by atoms with Gasteiger partial charge in [-0.2, -0.15) is 0 Å². The molecular formula is C11H22ClN. The average Bonchev–Trinajstić information content (AvgIpc) is 2.14. The van der Waals surface area contributed by atoms with Crippen molar-refractivity contribution in [2.45, 2.75) is 39.7 Å². The van der Waals surface area contributed by atoms with E-state index in [1.54, 1.807) is 0 Å². The van der Waals surface area contributed by atoms with Gasteiger partial charge in [-0.25, -0.2) is 0 Å². The molecule has 1 unspecified atom stereocenters. The maximum absolute atomic E-state index is 5.52. The number of nitrogens with one attached hydrogen (secondary N) is 1. The molecule has 0 fully saturated rings. The SMILES string of the molecule is CCC(CC)C(C)NC/C=C/CCl. The van der Waals surface area contributed by atoms with Gasteiger partial charge in [0, 0.05) is 18.5 Å². The maximum Gasteiger partial charge on any atom is 0.0404 e. The van der Waals surface area contributed by atoms with Gasteiger partial charge in [-0.1, -0.05) is 38.8 Å². The molecule has 0 aromatic carbocycles. The van der Waals surface area contributed by atoms with Gasteiger partial charge in [0.2, 0.25) is 0 Å². The molecule has 13 heavy (non-hydrogen) atoms. The molecule has 0 rings (SSSR count). The zero-order valence-corrected chi connectivity index (χ0v) is 9.77. The van der Waals surface area contributed by atoms with E-state index in [-0.39, 0.29) is 0 Å². The highest BCUT2D eigenvalue weighted by atomic mass is 35.5. The van der Waals surface area contributed by atoms with Crippen molar-refractivity contribution in [2.24, 2.45) is 5.92 Å². The van der Waals surface area contributed by atoms with Gasteiger partial charge in [0.05, 0.1) is 0 Å². The number of hydrogen-bond donors (Lipinski definition) is 1. The fourth-order valence-electron chi connectivity index (χ4n) is 1.56. The molecule has 0 aliphatic heterocycles. The predicted molar refractivity (Wildman–Crippen MR) is 61.4 cm³/mol. The van der Waals surface area contributed by atoms with Gasteiger partial charge < -0.3 is 5.32 Å². The zero-order chi connectivity index (χ0) is 10.1. The number of hydrogen-bond acceptors (Lipinski definition) is 1. The largest absolute Gasteiger partial charge is 0.311 e. The second-order valence-corrected chi connectivity index (χ2v) is 3.71. The van der Waals surface area contributed by atoms with E-state index in [1.165, 1.54) is 12.8 Å². The quantitative estimate of drug-likeness (QED) is 0.495. The van der Waals surface area contributed by atoms with Crippen molar-refractivity contribution in [3.63, 3.8) is 0 Å². The molecule has 0 saturated heterocycles. The lowest BCUT2D eigenvalue weighted by Gasteiger charge is -2.21. The Morgan fingerprint density at radius 2 is 1.85 bits per heavy atom. The summed E-state index contributed by atoms with van der Waals surface area (Å²) in [6.07, 6.45) is 6.58. The summed E-state index contributed by atoms with van der Waals surface area (Å²) < 4.78 is 0. The summed E-state index contributed by atoms with van der Waals surface area (Å²) in [5.41, 5.74) is 0. The predicted octanol–water partition coefficient (Wildman–Crippen LogP) is 3.20. The van der Waals surface area contributed by atoms with Crippen LogP contribution in [0.15, 0.2) is 12.2 Å². The van der Waals surface area contributed by atoms with E-state index < -0.39 is 0 Å². The standard InChI is InChI=1S/C11H22ClN/c1-4-11(5-2)10(3)13-9-7-6-8-12/h6-7,10-11,13H,4-5,8-9H2,1-3H3/b7-6+. The van der Waals surface area contributed by atoms with Crippen LogP contribution in [0.5, 0.6) is 0 Å². The lowest BCUT2D eigenvalue weighted by molar-refractivity contribution is 0.364. The van der Waals surface area contributed by atoms with Crippen molar-refractivity contribution in [1.29, 1.82) is 0 Å². The second-order valence-electron chi connectivity index (χ2n) is 3.40. The number of halogens is 1. The Bertz CT molecular complexity index is 130. The Morgan fingerprint density at radius 3 is 2.31 bits per heavy atom. The van der Waals surface area contributed by atoms with Gasteiger partial charge in [-0.05, 0) is 12.8 Å². The topological polar surface area (TPSA) is 12.0 Å². The average molecular weight is 204 g/mol. The summed E-state index contributed by atoms with van der Waals surface area (Å²) >= 11 is 5.52. The summed E-state index contributed by atoms with van der Waals surface area (Å²) in [5, 5.41) is 3.47. The Hall–Kier alpha value is -0.0100. The van der Waals surface area contributed by atoms with Crippen LogP contribution in [0.3, 0.4) is 0 Å². The Morgan fingerprint density at radius 1 is 1.23 bits per heavy atom. The molecule has 0 aliphatic carbocycles. The van der Waals surface area contributed by atoms with Gasteiger partial charge in [0.25, 0.3) is 0 Å². The molecule has 1 N–H and O–H groups in total. The molecule has 78 valence electrons. The summed E-state index contributed by atoms with van der Waals surface area (Å²) in [6.45, 7) is 7.69. The van der Waals surface area contributed by atoms with E-state index in [2.05, 4.69) is 32.2 Å². The molecule has 0 aliphatic rings. The Balaban J connectivity index is 3.59. The van der Waals surface area contributed by atoms with Crippen LogP contribution in [0.2, 0.25) is 0 Å². The van der Waals surface area contributed by atoms with E-state index in [9.17, 15) is 0 Å². The molecular weight excluding hydrogens is 182 g/mol. The van der Waals surface area contributed by atoms with Crippen LogP contribution >= 0.6 is 11.6 Å². The number of rotatable bonds is 7. The Labute approximate surface area is 87.6 Å². The van der Waals surface area contributed by atoms with Crippen LogP contribution in [0, 0.1) is 5.92 Å². The zero-order valence-electron chi connectivity index (χ0n) is 9.02. The minimum Gasteiger partial charge on any atom is -0.311 e. The molecule has 1 atom stereocenters. The van der Waals surface area contributed by atoms with Gasteiger partial charge in [0.15, 0.2) is 0 Å². The van der Waals surface area contributed by atoms with Crippen LogP contribution in [0.1, 0.15) is 33.6 Å². The van der Waals surface area contributed by atoms with Crippen molar-refractivity contribution in [3.8, 4) is 0 Å². The van der Waals surface area contributed by atoms with Crippen molar-refractivity contribution in [2.75, 3.05) is 12.4 Å². The molecule has 0 aromatic rings. The normalized spacial score (nSPS) is 14.2. The lowest BCUT2D eigenvalue weighted by Crippen LogP contribution is -2.33. The molecule has 0 radical (unpaired) electrons. The highest BCUT2D eigenvalue weighted by molar-refractivity contribution is 6.18. The first-order valence-corrected chi connectivity index (χ1v) is 5.74. The fraction of sp³-hybridized carbons (Fsp3) is 0.818. The second kappa shape index (κ2) is 8.58. The van der Waals surface area contributed by atoms with Crippen molar-refractivity contribution < 1.29 is 0 Å². The van der Waals surface area contributed by atoms with E-state index in [1.807, 2.05) is 6.08 Å². The monoisotopic (exact) mass is 203 g/mol. The van der Waals surface area contributed by atoms with E-state index in [0.29, 0.717) is 11.9 Å². The third kappa shape index (κ3) is 6.11. The highest BCUT2D eigenvalue weighted by Gasteiger charge is 2.11. The van der Waals surface area contributed by atoms with E-state index >= 15 is 0 Å². The number of allylic oxidation sites excluding steroid dienone is 1. The van der Waals surface area contributed by atoms with Crippen LogP contribution in [-0.2, 0) is 0 Å². The molecule has 0 heterocycles. The first-order valence-electron chi connectivity index (χ1n) is 5.20. The van der Waals surface area contributed by atoms with Gasteiger partial charge in [-0.15, -0.1) is 11.6 Å². The molecule has 0 aromatic heterocycles. The van der Waals surface area contributed by atoms with Crippen LogP contribution < -0.4 is 5.32 Å². The third-order valence-corrected chi connectivity index (χ3v) is 2.75. The summed E-state index contributed by atoms with van der Waals surface area (Å²) in [6, 6.07) is 0.606. The lowest BCUT2D eigenvalue weighted by atomic mass is 9.95. The molecule has 0 saturated carbocycles. The van der Waals surface area contributed by atoms with Crippen LogP contribution in [-0.4, -0.2) is 18.5 Å². The molecule has 0 spiro atoms. The van der Waals surface area contributed by atoms with Gasteiger partial charge in [0.1, 0.15) is 0 Å². The minimum atomic E-state index is 0.606. The first-order chi connectivity index (χ1) is 6.26. The molecule has 0 bridgehead atoms. The molecule has 1 nitrogen and oxygen atoms in total. The smallest absolute Gasteiger partial charge is 0.0404 e. The van der Waals surface area contributed by atoms with Crippen molar-refractivity contribution in [3.05, 3.63) is 12.2 Å². The van der Waals surface area contributed by atoms with E-state index in [4.69, 9.17) is 11.6 Å². The fourth-order valence-corrected chi connectivity index (χ4v) is 1.69. The van der Waals surface area contributed by atoms with Gasteiger partial charge >= 0.3 is 0 Å². The summed E-state index contributed by atoms with van der Waals surface area (Å²) in [7, 11) is 0. The van der Waals surface area contributed by atoms with Crippen molar-refractivity contribution >= 4 is 11.6 Å². The minimum absolute atomic E-state index is 0.606. The van der Waals surface area contributed by atoms with Gasteiger partial charge in [-0.3, -0.25) is 0 Å². The third-order valence-electron chi connectivity index (χ3n) is 2.57. The van der Waals surface area contributed by atoms with Crippen LogP contribution in [0.4, 0.5) is 0 Å². The Kier molecular flexibility index (Phi) is 8.58. The first kappa shape index (κ1) is 13.0. The summed E-state index contributed by atoms with van der Waals surface area (Å²) in [5.74, 6) is 1.41. The molecule has 0 amide bonds. The number of alkyl halides is 1. The van der Waals surface area contributed by atoms with Crippen LogP contribution in [0.25, 0.3) is 0 Å².